The lowest BCUT2D eigenvalue weighted by atomic mass is 10.2. The van der Waals surface area contributed by atoms with Crippen LogP contribution in [0.4, 0.5) is 11.4 Å². The summed E-state index contributed by atoms with van der Waals surface area (Å²) in [5, 5.41) is 2.55. The molecule has 3 N–H and O–H groups in total. The SMILES string of the molecule is Cc1ccc(N)c(NC(=O)C(=O)N2CCN(C(=O)c3ccco3)CC2)c1. The second kappa shape index (κ2) is 7.30. The standard InChI is InChI=1S/C18H20N4O4/c1-12-4-5-13(19)14(11-12)20-16(23)18(25)22-8-6-21(7-9-22)17(24)15-3-2-10-26-15/h2-5,10-11H,6-9,19H2,1H3,(H,20,23). The zero-order valence-corrected chi connectivity index (χ0v) is 14.4. The van der Waals surface area contributed by atoms with Crippen LogP contribution in [0.1, 0.15) is 16.1 Å². The van der Waals surface area contributed by atoms with Crippen molar-refractivity contribution < 1.29 is 18.8 Å². The van der Waals surface area contributed by atoms with E-state index in [1.54, 1.807) is 29.2 Å². The number of anilines is 2. The van der Waals surface area contributed by atoms with E-state index in [1.165, 1.54) is 11.2 Å². The van der Waals surface area contributed by atoms with E-state index in [0.717, 1.165) is 5.56 Å². The Morgan fingerprint density at radius 3 is 2.42 bits per heavy atom. The average Bonchev–Trinajstić information content (AvgIpc) is 3.18. The van der Waals surface area contributed by atoms with Gasteiger partial charge in [0.15, 0.2) is 5.76 Å². The highest BCUT2D eigenvalue weighted by atomic mass is 16.3. The zero-order chi connectivity index (χ0) is 18.7. The summed E-state index contributed by atoms with van der Waals surface area (Å²) in [5.41, 5.74) is 7.55. The van der Waals surface area contributed by atoms with Crippen LogP contribution < -0.4 is 11.1 Å². The van der Waals surface area contributed by atoms with Crippen LogP contribution in [0.2, 0.25) is 0 Å². The highest BCUT2D eigenvalue weighted by Crippen LogP contribution is 2.19. The van der Waals surface area contributed by atoms with Crippen molar-refractivity contribution in [1.29, 1.82) is 0 Å². The smallest absolute Gasteiger partial charge is 0.313 e. The van der Waals surface area contributed by atoms with Gasteiger partial charge in [0.25, 0.3) is 5.91 Å². The summed E-state index contributed by atoms with van der Waals surface area (Å²) in [4.78, 5) is 39.8. The fourth-order valence-corrected chi connectivity index (χ4v) is 2.77. The van der Waals surface area contributed by atoms with Gasteiger partial charge >= 0.3 is 11.8 Å². The van der Waals surface area contributed by atoms with Gasteiger partial charge < -0.3 is 25.3 Å². The maximum atomic E-state index is 12.4. The Labute approximate surface area is 150 Å². The van der Waals surface area contributed by atoms with Gasteiger partial charge in [-0.15, -0.1) is 0 Å². The number of nitrogens with zero attached hydrogens (tertiary/aromatic N) is 2. The molecule has 0 radical (unpaired) electrons. The molecule has 1 fully saturated rings. The third-order valence-electron chi connectivity index (χ3n) is 4.24. The molecule has 1 aliphatic heterocycles. The second-order valence-electron chi connectivity index (χ2n) is 6.11. The molecule has 0 unspecified atom stereocenters. The van der Waals surface area contributed by atoms with Crippen molar-refractivity contribution >= 4 is 29.1 Å². The molecule has 1 aromatic heterocycles. The summed E-state index contributed by atoms with van der Waals surface area (Å²) in [7, 11) is 0. The number of rotatable bonds is 2. The van der Waals surface area contributed by atoms with Crippen LogP contribution in [0.5, 0.6) is 0 Å². The number of nitrogen functional groups attached to an aromatic ring is 1. The molecule has 2 aromatic rings. The van der Waals surface area contributed by atoms with E-state index in [9.17, 15) is 14.4 Å². The molecule has 3 rings (SSSR count). The maximum Gasteiger partial charge on any atom is 0.313 e. The summed E-state index contributed by atoms with van der Waals surface area (Å²) < 4.78 is 5.10. The number of furan rings is 1. The molecule has 0 atom stereocenters. The number of aryl methyl sites for hydroxylation is 1. The molecule has 0 saturated carbocycles. The molecule has 2 heterocycles. The van der Waals surface area contributed by atoms with Crippen LogP contribution in [-0.2, 0) is 9.59 Å². The van der Waals surface area contributed by atoms with Crippen molar-refractivity contribution in [2.24, 2.45) is 0 Å². The molecule has 8 nitrogen and oxygen atoms in total. The average molecular weight is 356 g/mol. The first kappa shape index (κ1) is 17.5. The van der Waals surface area contributed by atoms with Crippen LogP contribution in [0.25, 0.3) is 0 Å². The third kappa shape index (κ3) is 3.69. The van der Waals surface area contributed by atoms with Crippen LogP contribution in [0.15, 0.2) is 41.0 Å². The molecule has 1 aromatic carbocycles. The molecule has 0 aliphatic carbocycles. The molecule has 3 amide bonds. The van der Waals surface area contributed by atoms with Crippen molar-refractivity contribution in [3.63, 3.8) is 0 Å². The largest absolute Gasteiger partial charge is 0.459 e. The van der Waals surface area contributed by atoms with Gasteiger partial charge in [-0.25, -0.2) is 0 Å². The summed E-state index contributed by atoms with van der Waals surface area (Å²) >= 11 is 0. The predicted octanol–water partition coefficient (Wildman–Crippen LogP) is 1.09. The molecule has 0 bridgehead atoms. The number of carbonyl (C=O) groups excluding carboxylic acids is 3. The maximum absolute atomic E-state index is 12.4. The predicted molar refractivity (Wildman–Crippen MR) is 95.4 cm³/mol. The van der Waals surface area contributed by atoms with Gasteiger partial charge in [-0.05, 0) is 36.8 Å². The summed E-state index contributed by atoms with van der Waals surface area (Å²) in [6.07, 6.45) is 1.44. The van der Waals surface area contributed by atoms with Gasteiger partial charge in [-0.1, -0.05) is 6.07 Å². The summed E-state index contributed by atoms with van der Waals surface area (Å²) in [6, 6.07) is 8.45. The van der Waals surface area contributed by atoms with Gasteiger partial charge in [0.05, 0.1) is 17.6 Å². The van der Waals surface area contributed by atoms with Crippen LogP contribution in [-0.4, -0.2) is 53.7 Å². The number of hydrogen-bond donors (Lipinski definition) is 2. The third-order valence-corrected chi connectivity index (χ3v) is 4.24. The number of carbonyl (C=O) groups is 3. The Bertz CT molecular complexity index is 824. The normalized spacial score (nSPS) is 14.2. The van der Waals surface area contributed by atoms with Gasteiger partial charge in [-0.3, -0.25) is 14.4 Å². The fourth-order valence-electron chi connectivity index (χ4n) is 2.77. The van der Waals surface area contributed by atoms with Crippen molar-refractivity contribution in [1.82, 2.24) is 9.80 Å². The van der Waals surface area contributed by atoms with E-state index in [1.807, 2.05) is 13.0 Å². The van der Waals surface area contributed by atoms with E-state index in [4.69, 9.17) is 10.2 Å². The Balaban J connectivity index is 1.57. The highest BCUT2D eigenvalue weighted by Gasteiger charge is 2.29. The van der Waals surface area contributed by atoms with Crippen molar-refractivity contribution in [2.75, 3.05) is 37.2 Å². The van der Waals surface area contributed by atoms with Crippen LogP contribution in [0, 0.1) is 6.92 Å². The molecular weight excluding hydrogens is 336 g/mol. The monoisotopic (exact) mass is 356 g/mol. The lowest BCUT2D eigenvalue weighted by molar-refractivity contribution is -0.144. The number of benzene rings is 1. The Kier molecular flexibility index (Phi) is 4.92. The first-order valence-corrected chi connectivity index (χ1v) is 8.25. The van der Waals surface area contributed by atoms with Gasteiger partial charge in [-0.2, -0.15) is 0 Å². The molecule has 26 heavy (non-hydrogen) atoms. The summed E-state index contributed by atoms with van der Waals surface area (Å²) in [5.74, 6) is -1.35. The number of nitrogens with one attached hydrogen (secondary N) is 1. The van der Waals surface area contributed by atoms with E-state index in [-0.39, 0.29) is 24.8 Å². The van der Waals surface area contributed by atoms with E-state index in [2.05, 4.69) is 5.32 Å². The number of amides is 3. The fraction of sp³-hybridized carbons (Fsp3) is 0.278. The molecule has 8 heteroatoms. The van der Waals surface area contributed by atoms with E-state index in [0.29, 0.717) is 24.5 Å². The number of hydrogen-bond acceptors (Lipinski definition) is 5. The van der Waals surface area contributed by atoms with Crippen LogP contribution in [0.3, 0.4) is 0 Å². The first-order chi connectivity index (χ1) is 12.5. The van der Waals surface area contributed by atoms with Crippen LogP contribution >= 0.6 is 0 Å². The molecule has 1 aliphatic rings. The van der Waals surface area contributed by atoms with Crippen molar-refractivity contribution in [3.8, 4) is 0 Å². The second-order valence-corrected chi connectivity index (χ2v) is 6.11. The minimum absolute atomic E-state index is 0.223. The number of piperazine rings is 1. The van der Waals surface area contributed by atoms with Gasteiger partial charge in [0, 0.05) is 26.2 Å². The molecule has 136 valence electrons. The van der Waals surface area contributed by atoms with Crippen molar-refractivity contribution in [2.45, 2.75) is 6.92 Å². The number of nitrogens with two attached hydrogens (primary N) is 1. The van der Waals surface area contributed by atoms with Gasteiger partial charge in [0.1, 0.15) is 0 Å². The molecule has 0 spiro atoms. The minimum Gasteiger partial charge on any atom is -0.459 e. The lowest BCUT2D eigenvalue weighted by Crippen LogP contribution is -2.53. The van der Waals surface area contributed by atoms with E-state index >= 15 is 0 Å². The quantitative estimate of drug-likeness (QED) is 0.618. The summed E-state index contributed by atoms with van der Waals surface area (Å²) in [6.45, 7) is 3.10. The Morgan fingerprint density at radius 1 is 1.08 bits per heavy atom. The molecular formula is C18H20N4O4. The molecule has 1 saturated heterocycles. The Hall–Kier alpha value is -3.29. The highest BCUT2D eigenvalue weighted by molar-refractivity contribution is 6.39. The minimum atomic E-state index is -0.742. The van der Waals surface area contributed by atoms with Crippen molar-refractivity contribution in [3.05, 3.63) is 47.9 Å². The zero-order valence-electron chi connectivity index (χ0n) is 14.4. The Morgan fingerprint density at radius 2 is 1.77 bits per heavy atom. The van der Waals surface area contributed by atoms with E-state index < -0.39 is 11.8 Å². The lowest BCUT2D eigenvalue weighted by Gasteiger charge is -2.33. The first-order valence-electron chi connectivity index (χ1n) is 8.25. The topological polar surface area (TPSA) is 109 Å². The van der Waals surface area contributed by atoms with Gasteiger partial charge in [0.2, 0.25) is 0 Å².